The number of thiazole rings is 1. The maximum Gasteiger partial charge on any atom is 0.191 e. The van der Waals surface area contributed by atoms with Crippen molar-refractivity contribution in [2.75, 3.05) is 19.6 Å². The second-order valence-corrected chi connectivity index (χ2v) is 7.88. The van der Waals surface area contributed by atoms with Crippen molar-refractivity contribution in [3.05, 3.63) is 77.3 Å². The van der Waals surface area contributed by atoms with Crippen LogP contribution in [0.25, 0.3) is 10.6 Å². The first-order valence-corrected chi connectivity index (χ1v) is 10.8. The van der Waals surface area contributed by atoms with Crippen LogP contribution in [0.4, 0.5) is 0 Å². The highest BCUT2D eigenvalue weighted by molar-refractivity contribution is 14.0. The molecular weight excluding hydrogens is 507 g/mol. The maximum absolute atomic E-state index is 10.7. The smallest absolute Gasteiger partial charge is 0.191 e. The number of nitrogens with zero attached hydrogens (tertiary/aromatic N) is 2. The number of benzene rings is 2. The number of guanidine groups is 1. The lowest BCUT2D eigenvalue weighted by atomic mass is 9.96. The summed E-state index contributed by atoms with van der Waals surface area (Å²) in [5, 5.41) is 20.5. The van der Waals surface area contributed by atoms with Crippen LogP contribution < -0.4 is 10.6 Å². The molecule has 30 heavy (non-hydrogen) atoms. The fourth-order valence-corrected chi connectivity index (χ4v) is 3.77. The zero-order chi connectivity index (χ0) is 20.5. The summed E-state index contributed by atoms with van der Waals surface area (Å²) in [6, 6.07) is 19.9. The second-order valence-electron chi connectivity index (χ2n) is 7.02. The first-order valence-electron chi connectivity index (χ1n) is 9.88. The lowest BCUT2D eigenvalue weighted by Gasteiger charge is -2.22. The summed E-state index contributed by atoms with van der Waals surface area (Å²) in [5.74, 6) is 0.696. The summed E-state index contributed by atoms with van der Waals surface area (Å²) >= 11 is 1.67. The minimum atomic E-state index is -1.01. The molecule has 1 atom stereocenters. The number of halogens is 1. The highest BCUT2D eigenvalue weighted by Gasteiger charge is 2.22. The number of nitrogens with one attached hydrogen (secondary N) is 2. The molecule has 0 aliphatic heterocycles. The van der Waals surface area contributed by atoms with Crippen LogP contribution in [0, 0.1) is 0 Å². The molecule has 0 fully saturated rings. The number of rotatable bonds is 8. The van der Waals surface area contributed by atoms with Crippen molar-refractivity contribution in [1.82, 2.24) is 15.6 Å². The predicted octanol–water partition coefficient (Wildman–Crippen LogP) is 4.43. The van der Waals surface area contributed by atoms with E-state index in [1.54, 1.807) is 18.3 Å². The van der Waals surface area contributed by atoms with Gasteiger partial charge in [-0.3, -0.25) is 0 Å². The third-order valence-electron chi connectivity index (χ3n) is 4.53. The number of aliphatic hydroxyl groups is 1. The van der Waals surface area contributed by atoms with Gasteiger partial charge in [-0.15, -0.1) is 35.3 Å². The summed E-state index contributed by atoms with van der Waals surface area (Å²) in [5.41, 5.74) is 2.06. The molecule has 0 aliphatic rings. The molecule has 7 heteroatoms. The van der Waals surface area contributed by atoms with Gasteiger partial charge in [0.1, 0.15) is 10.6 Å². The van der Waals surface area contributed by atoms with E-state index < -0.39 is 5.60 Å². The molecule has 0 saturated carbocycles. The number of aromatic nitrogens is 1. The van der Waals surface area contributed by atoms with E-state index in [4.69, 9.17) is 4.98 Å². The third kappa shape index (κ3) is 7.07. The Morgan fingerprint density at radius 2 is 1.73 bits per heavy atom. The minimum absolute atomic E-state index is 0. The molecule has 1 heterocycles. The molecule has 3 N–H and O–H groups in total. The van der Waals surface area contributed by atoms with Gasteiger partial charge in [0.2, 0.25) is 0 Å². The van der Waals surface area contributed by atoms with Gasteiger partial charge in [0, 0.05) is 30.5 Å². The highest BCUT2D eigenvalue weighted by Crippen LogP contribution is 2.23. The van der Waals surface area contributed by atoms with Crippen LogP contribution in [-0.2, 0) is 12.0 Å². The lowest BCUT2D eigenvalue weighted by molar-refractivity contribution is 0.0672. The fraction of sp³-hybridized carbons (Fsp3) is 0.304. The van der Waals surface area contributed by atoms with Gasteiger partial charge in [0.05, 0.1) is 12.2 Å². The topological polar surface area (TPSA) is 69.5 Å². The molecule has 3 rings (SSSR count). The maximum atomic E-state index is 10.7. The van der Waals surface area contributed by atoms with Gasteiger partial charge in [-0.05, 0) is 19.4 Å². The summed E-state index contributed by atoms with van der Waals surface area (Å²) < 4.78 is 0. The van der Waals surface area contributed by atoms with Crippen LogP contribution in [0.5, 0.6) is 0 Å². The SMILES string of the molecule is CCNC(=NCC(C)(O)c1ccccc1)NCCc1csc(-c2ccccc2)n1.I. The van der Waals surface area contributed by atoms with Crippen LogP contribution in [0.15, 0.2) is 71.0 Å². The van der Waals surface area contributed by atoms with E-state index in [9.17, 15) is 5.11 Å². The largest absolute Gasteiger partial charge is 0.384 e. The normalized spacial score (nSPS) is 13.2. The van der Waals surface area contributed by atoms with E-state index >= 15 is 0 Å². The number of hydrogen-bond donors (Lipinski definition) is 3. The first-order chi connectivity index (χ1) is 14.1. The molecule has 0 radical (unpaired) electrons. The van der Waals surface area contributed by atoms with Gasteiger partial charge in [0.15, 0.2) is 5.96 Å². The molecule has 2 aromatic carbocycles. The van der Waals surface area contributed by atoms with Gasteiger partial charge in [-0.2, -0.15) is 0 Å². The Balaban J connectivity index is 0.00000320. The van der Waals surface area contributed by atoms with Gasteiger partial charge < -0.3 is 15.7 Å². The van der Waals surface area contributed by atoms with E-state index in [0.717, 1.165) is 41.3 Å². The van der Waals surface area contributed by atoms with Gasteiger partial charge in [-0.25, -0.2) is 9.98 Å². The molecule has 0 spiro atoms. The molecule has 160 valence electrons. The minimum Gasteiger partial charge on any atom is -0.384 e. The zero-order valence-electron chi connectivity index (χ0n) is 17.3. The standard InChI is InChI=1S/C23H28N4OS.HI/c1-3-24-22(26-17-23(2,28)19-12-8-5-9-13-19)25-15-14-20-16-29-21(27-20)18-10-6-4-7-11-18;/h4-13,16,28H,3,14-15,17H2,1-2H3,(H2,24,25,26);1H. The van der Waals surface area contributed by atoms with E-state index in [-0.39, 0.29) is 30.5 Å². The molecule has 3 aromatic rings. The van der Waals surface area contributed by atoms with Crippen molar-refractivity contribution in [3.63, 3.8) is 0 Å². The zero-order valence-corrected chi connectivity index (χ0v) is 20.5. The Bertz CT molecular complexity index is 913. The van der Waals surface area contributed by atoms with Gasteiger partial charge in [-0.1, -0.05) is 60.7 Å². The Kier molecular flexibility index (Phi) is 9.74. The average molecular weight is 536 g/mol. The molecule has 5 nitrogen and oxygen atoms in total. The Labute approximate surface area is 199 Å². The molecule has 0 saturated heterocycles. The highest BCUT2D eigenvalue weighted by atomic mass is 127. The van der Waals surface area contributed by atoms with Crippen molar-refractivity contribution in [2.45, 2.75) is 25.9 Å². The molecule has 0 aliphatic carbocycles. The number of aliphatic imine (C=N–C) groups is 1. The van der Waals surface area contributed by atoms with Crippen molar-refractivity contribution in [1.29, 1.82) is 0 Å². The van der Waals surface area contributed by atoms with Gasteiger partial charge in [0.25, 0.3) is 0 Å². The monoisotopic (exact) mass is 536 g/mol. The van der Waals surface area contributed by atoms with Crippen molar-refractivity contribution in [3.8, 4) is 10.6 Å². The fourth-order valence-electron chi connectivity index (χ4n) is 2.91. The van der Waals surface area contributed by atoms with Crippen LogP contribution in [0.2, 0.25) is 0 Å². The summed E-state index contributed by atoms with van der Waals surface area (Å²) in [4.78, 5) is 9.30. The first kappa shape index (κ1) is 24.3. The molecule has 0 amide bonds. The lowest BCUT2D eigenvalue weighted by Crippen LogP contribution is -2.39. The summed E-state index contributed by atoms with van der Waals surface area (Å²) in [6.07, 6.45) is 0.808. The Morgan fingerprint density at radius 1 is 1.07 bits per heavy atom. The summed E-state index contributed by atoms with van der Waals surface area (Å²) in [6.45, 7) is 5.57. The average Bonchev–Trinajstić information content (AvgIpc) is 3.22. The van der Waals surface area contributed by atoms with Crippen LogP contribution in [0.3, 0.4) is 0 Å². The molecular formula is C23H29IN4OS. The van der Waals surface area contributed by atoms with Crippen LogP contribution >= 0.6 is 35.3 Å². The molecule has 1 unspecified atom stereocenters. The van der Waals surface area contributed by atoms with Gasteiger partial charge >= 0.3 is 0 Å². The van der Waals surface area contributed by atoms with Crippen molar-refractivity contribution < 1.29 is 5.11 Å². The summed E-state index contributed by atoms with van der Waals surface area (Å²) in [7, 11) is 0. The quantitative estimate of drug-likeness (QED) is 0.226. The van der Waals surface area contributed by atoms with Crippen molar-refractivity contribution >= 4 is 41.3 Å². The predicted molar refractivity (Wildman–Crippen MR) is 137 cm³/mol. The number of hydrogen-bond acceptors (Lipinski definition) is 4. The van der Waals surface area contributed by atoms with Crippen molar-refractivity contribution in [2.24, 2.45) is 4.99 Å². The molecule has 0 bridgehead atoms. The van der Waals surface area contributed by atoms with E-state index in [1.807, 2.05) is 55.5 Å². The Morgan fingerprint density at radius 3 is 2.40 bits per heavy atom. The third-order valence-corrected chi connectivity index (χ3v) is 5.47. The Hall–Kier alpha value is -1.97. The second kappa shape index (κ2) is 12.0. The van der Waals surface area contributed by atoms with Crippen LogP contribution in [-0.4, -0.2) is 35.7 Å². The van der Waals surface area contributed by atoms with E-state index in [1.165, 1.54) is 0 Å². The van der Waals surface area contributed by atoms with E-state index in [0.29, 0.717) is 5.96 Å². The van der Waals surface area contributed by atoms with Crippen LogP contribution in [0.1, 0.15) is 25.1 Å². The van der Waals surface area contributed by atoms with E-state index in [2.05, 4.69) is 33.1 Å². The molecule has 1 aromatic heterocycles.